The average Bonchev–Trinajstić information content (AvgIpc) is 3.66. The Morgan fingerprint density at radius 1 is 1.10 bits per heavy atom. The van der Waals surface area contributed by atoms with Gasteiger partial charge < -0.3 is 9.30 Å². The minimum atomic E-state index is -3.32. The summed E-state index contributed by atoms with van der Waals surface area (Å²) in [6.45, 7) is 4.57. The number of sulfonamides is 1. The number of nitrogens with one attached hydrogen (secondary N) is 1. The molecule has 1 aromatic rings. The van der Waals surface area contributed by atoms with Crippen molar-refractivity contribution in [3.05, 3.63) is 33.7 Å². The average molecular weight is 449 g/mol. The molecule has 4 aliphatic rings. The lowest BCUT2D eigenvalue weighted by Gasteiger charge is -2.37. The Hall–Kier alpha value is -1.18. The van der Waals surface area contributed by atoms with E-state index in [1.165, 1.54) is 19.3 Å². The molecule has 0 saturated heterocycles. The Balaban J connectivity index is 1.30. The lowest BCUT2D eigenvalue weighted by molar-refractivity contribution is -0.00875. The Morgan fingerprint density at radius 2 is 1.81 bits per heavy atom. The predicted molar refractivity (Wildman–Crippen MR) is 121 cm³/mol. The van der Waals surface area contributed by atoms with Crippen LogP contribution in [0.15, 0.2) is 16.9 Å². The van der Waals surface area contributed by atoms with Crippen LogP contribution in [0, 0.1) is 24.7 Å². The third kappa shape index (κ3) is 4.51. The van der Waals surface area contributed by atoms with Gasteiger partial charge in [-0.25, -0.2) is 13.1 Å². The standard InChI is InChI=1S/C24H36N2O4S/c1-15-3-6-18-7-12-22(25-31(28,29)20-10-11-20)23(26(18)24(15)27)14-30-19-8-4-17(5-9-19)21-13-16(21)2/h3,6,16-17,19-23,25H,4-5,7-14H2,1-2H3. The minimum Gasteiger partial charge on any atom is -0.376 e. The summed E-state index contributed by atoms with van der Waals surface area (Å²) in [5, 5.41) is -0.259. The van der Waals surface area contributed by atoms with Crippen LogP contribution in [0.1, 0.15) is 75.6 Å². The molecule has 1 aromatic heterocycles. The van der Waals surface area contributed by atoms with Gasteiger partial charge in [0, 0.05) is 17.3 Å². The Kier molecular flexibility index (Phi) is 5.80. The minimum absolute atomic E-state index is 0.0205. The number of rotatable bonds is 7. The summed E-state index contributed by atoms with van der Waals surface area (Å²) in [7, 11) is -3.32. The summed E-state index contributed by atoms with van der Waals surface area (Å²) in [5.41, 5.74) is 1.66. The molecule has 5 rings (SSSR count). The zero-order valence-electron chi connectivity index (χ0n) is 18.8. The monoisotopic (exact) mass is 448 g/mol. The second kappa shape index (κ2) is 8.31. The summed E-state index contributed by atoms with van der Waals surface area (Å²) < 4.78 is 36.5. The molecule has 0 radical (unpaired) electrons. The van der Waals surface area contributed by atoms with Crippen molar-refractivity contribution in [3.63, 3.8) is 0 Å². The van der Waals surface area contributed by atoms with Gasteiger partial charge >= 0.3 is 0 Å². The molecule has 0 aromatic carbocycles. The molecular weight excluding hydrogens is 412 g/mol. The Labute approximate surface area is 185 Å². The van der Waals surface area contributed by atoms with Gasteiger partial charge in [0.15, 0.2) is 0 Å². The van der Waals surface area contributed by atoms with Crippen LogP contribution < -0.4 is 10.3 Å². The molecule has 3 saturated carbocycles. The number of hydrogen-bond acceptors (Lipinski definition) is 4. The highest BCUT2D eigenvalue weighted by molar-refractivity contribution is 7.90. The molecule has 3 fully saturated rings. The van der Waals surface area contributed by atoms with E-state index < -0.39 is 10.0 Å². The van der Waals surface area contributed by atoms with Gasteiger partial charge in [0.1, 0.15) is 0 Å². The quantitative estimate of drug-likeness (QED) is 0.694. The first-order chi connectivity index (χ1) is 14.8. The number of hydrogen-bond donors (Lipinski definition) is 1. The van der Waals surface area contributed by atoms with Gasteiger partial charge in [-0.15, -0.1) is 0 Å². The van der Waals surface area contributed by atoms with Crippen LogP contribution in [0.25, 0.3) is 0 Å². The van der Waals surface area contributed by atoms with Gasteiger partial charge in [0.2, 0.25) is 10.0 Å². The topological polar surface area (TPSA) is 77.4 Å². The second-order valence-corrected chi connectivity index (χ2v) is 12.5. The second-order valence-electron chi connectivity index (χ2n) is 10.5. The van der Waals surface area contributed by atoms with Crippen molar-refractivity contribution >= 4 is 10.0 Å². The molecule has 0 amide bonds. The summed E-state index contributed by atoms with van der Waals surface area (Å²) in [5.74, 6) is 2.68. The van der Waals surface area contributed by atoms with Gasteiger partial charge in [0.25, 0.3) is 5.56 Å². The first-order valence-corrected chi connectivity index (χ1v) is 13.7. The van der Waals surface area contributed by atoms with E-state index >= 15 is 0 Å². The van der Waals surface area contributed by atoms with E-state index in [0.29, 0.717) is 25.0 Å². The number of aromatic nitrogens is 1. The fourth-order valence-corrected chi connectivity index (χ4v) is 7.52. The van der Waals surface area contributed by atoms with E-state index in [-0.39, 0.29) is 29.0 Å². The normalized spacial score (nSPS) is 35.5. The number of aryl methyl sites for hydroxylation is 2. The van der Waals surface area contributed by atoms with Crippen molar-refractivity contribution < 1.29 is 13.2 Å². The Morgan fingerprint density at radius 3 is 2.45 bits per heavy atom. The molecule has 4 unspecified atom stereocenters. The number of pyridine rings is 1. The highest BCUT2D eigenvalue weighted by atomic mass is 32.2. The van der Waals surface area contributed by atoms with E-state index in [0.717, 1.165) is 49.1 Å². The summed E-state index contributed by atoms with van der Waals surface area (Å²) in [6.07, 6.45) is 9.11. The molecule has 1 N–H and O–H groups in total. The van der Waals surface area contributed by atoms with Crippen molar-refractivity contribution in [1.82, 2.24) is 9.29 Å². The molecule has 2 heterocycles. The fourth-order valence-electron chi connectivity index (χ4n) is 5.88. The van der Waals surface area contributed by atoms with E-state index in [9.17, 15) is 13.2 Å². The van der Waals surface area contributed by atoms with Crippen molar-refractivity contribution in [3.8, 4) is 0 Å². The van der Waals surface area contributed by atoms with Crippen LogP contribution in [-0.2, 0) is 21.2 Å². The molecule has 172 valence electrons. The van der Waals surface area contributed by atoms with Crippen molar-refractivity contribution in [1.29, 1.82) is 0 Å². The largest absolute Gasteiger partial charge is 0.376 e. The molecule has 0 bridgehead atoms. The fraction of sp³-hybridized carbons (Fsp3) is 0.792. The summed E-state index contributed by atoms with van der Waals surface area (Å²) in [6, 6.07) is 3.31. The van der Waals surface area contributed by atoms with Crippen LogP contribution in [0.2, 0.25) is 0 Å². The third-order valence-electron chi connectivity index (χ3n) is 8.18. The molecule has 7 heteroatoms. The van der Waals surface area contributed by atoms with Gasteiger partial charge in [0.05, 0.1) is 24.0 Å². The van der Waals surface area contributed by atoms with Gasteiger partial charge in [-0.3, -0.25) is 4.79 Å². The van der Waals surface area contributed by atoms with E-state index in [1.54, 1.807) is 0 Å². The maximum atomic E-state index is 13.0. The number of nitrogens with zero attached hydrogens (tertiary/aromatic N) is 1. The highest BCUT2D eigenvalue weighted by Gasteiger charge is 2.42. The van der Waals surface area contributed by atoms with Crippen LogP contribution in [0.4, 0.5) is 0 Å². The highest BCUT2D eigenvalue weighted by Crippen LogP contribution is 2.49. The maximum Gasteiger partial charge on any atom is 0.254 e. The number of fused-ring (bicyclic) bond motifs is 1. The molecule has 4 atom stereocenters. The molecule has 6 nitrogen and oxygen atoms in total. The van der Waals surface area contributed by atoms with Crippen LogP contribution in [0.3, 0.4) is 0 Å². The lowest BCUT2D eigenvalue weighted by atomic mass is 9.83. The van der Waals surface area contributed by atoms with E-state index in [1.807, 2.05) is 23.6 Å². The molecule has 0 spiro atoms. The van der Waals surface area contributed by atoms with Crippen LogP contribution in [0.5, 0.6) is 0 Å². The summed E-state index contributed by atoms with van der Waals surface area (Å²) in [4.78, 5) is 13.0. The zero-order chi connectivity index (χ0) is 21.8. The van der Waals surface area contributed by atoms with Gasteiger partial charge in [-0.1, -0.05) is 13.0 Å². The van der Waals surface area contributed by atoms with E-state index in [2.05, 4.69) is 11.6 Å². The third-order valence-corrected chi connectivity index (χ3v) is 10.2. The van der Waals surface area contributed by atoms with Crippen LogP contribution in [-0.4, -0.2) is 37.0 Å². The first kappa shape index (κ1) is 21.7. The van der Waals surface area contributed by atoms with Crippen molar-refractivity contribution in [2.75, 3.05) is 6.61 Å². The predicted octanol–water partition coefficient (Wildman–Crippen LogP) is 3.33. The molecule has 3 aliphatic carbocycles. The molecule has 31 heavy (non-hydrogen) atoms. The zero-order valence-corrected chi connectivity index (χ0v) is 19.6. The van der Waals surface area contributed by atoms with Gasteiger partial charge in [-0.2, -0.15) is 0 Å². The van der Waals surface area contributed by atoms with Crippen molar-refractivity contribution in [2.45, 2.75) is 95.1 Å². The van der Waals surface area contributed by atoms with E-state index in [4.69, 9.17) is 4.74 Å². The van der Waals surface area contributed by atoms with Crippen molar-refractivity contribution in [2.24, 2.45) is 17.8 Å². The summed E-state index contributed by atoms with van der Waals surface area (Å²) >= 11 is 0. The van der Waals surface area contributed by atoms with Gasteiger partial charge in [-0.05, 0) is 88.5 Å². The maximum absolute atomic E-state index is 13.0. The smallest absolute Gasteiger partial charge is 0.254 e. The Bertz CT molecular complexity index is 976. The SMILES string of the molecule is Cc1ccc2n(c1=O)C(COC1CCC(C3CC3C)CC1)C(NS(=O)(=O)C1CC1)CC2. The number of ether oxygens (including phenoxy) is 1. The van der Waals surface area contributed by atoms with Crippen LogP contribution >= 0.6 is 0 Å². The molecular formula is C24H36N2O4S. The lowest BCUT2D eigenvalue weighted by Crippen LogP contribution is -2.50. The molecule has 1 aliphatic heterocycles. The first-order valence-electron chi connectivity index (χ1n) is 12.2.